The molecule has 0 aromatic heterocycles. The standard InChI is InChI=1S/C18H17Cl2N3O2/c1-2-4-17(24)22-13-9-7-12(8-10-13)18(25)23-21-11-14-15(19)5-3-6-16(14)20/h3,5-11H,2,4H2,1H3,(H,22,24)(H,23,25)/b21-11+. The summed E-state index contributed by atoms with van der Waals surface area (Å²) in [6.45, 7) is 1.93. The Bertz CT molecular complexity index is 769. The third-order valence-electron chi connectivity index (χ3n) is 3.27. The number of nitrogens with one attached hydrogen (secondary N) is 2. The Labute approximate surface area is 156 Å². The lowest BCUT2D eigenvalue weighted by Gasteiger charge is -2.05. The second kappa shape index (κ2) is 9.20. The highest BCUT2D eigenvalue weighted by atomic mass is 35.5. The molecule has 0 radical (unpaired) electrons. The van der Waals surface area contributed by atoms with Gasteiger partial charge in [-0.3, -0.25) is 9.59 Å². The van der Waals surface area contributed by atoms with Crippen LogP contribution in [-0.2, 0) is 4.79 Å². The third kappa shape index (κ3) is 5.59. The lowest BCUT2D eigenvalue weighted by atomic mass is 10.2. The van der Waals surface area contributed by atoms with Gasteiger partial charge in [-0.1, -0.05) is 36.2 Å². The number of halogens is 2. The summed E-state index contributed by atoms with van der Waals surface area (Å²) in [6, 6.07) is 11.6. The van der Waals surface area contributed by atoms with E-state index in [1.807, 2.05) is 6.92 Å². The van der Waals surface area contributed by atoms with Gasteiger partial charge in [-0.05, 0) is 42.8 Å². The summed E-state index contributed by atoms with van der Waals surface area (Å²) in [7, 11) is 0. The van der Waals surface area contributed by atoms with Gasteiger partial charge in [0.25, 0.3) is 5.91 Å². The maximum Gasteiger partial charge on any atom is 0.271 e. The quantitative estimate of drug-likeness (QED) is 0.574. The molecule has 0 fully saturated rings. The van der Waals surface area contributed by atoms with E-state index >= 15 is 0 Å². The topological polar surface area (TPSA) is 70.6 Å². The molecule has 2 aromatic rings. The lowest BCUT2D eigenvalue weighted by molar-refractivity contribution is -0.116. The zero-order valence-corrected chi connectivity index (χ0v) is 15.1. The van der Waals surface area contributed by atoms with Crippen LogP contribution in [0.15, 0.2) is 47.6 Å². The maximum absolute atomic E-state index is 12.1. The van der Waals surface area contributed by atoms with Gasteiger partial charge in [0.1, 0.15) is 0 Å². The summed E-state index contributed by atoms with van der Waals surface area (Å²) in [5, 5.41) is 7.51. The predicted molar refractivity (Wildman–Crippen MR) is 102 cm³/mol. The second-order valence-corrected chi connectivity index (χ2v) is 6.02. The highest BCUT2D eigenvalue weighted by Gasteiger charge is 2.06. The lowest BCUT2D eigenvalue weighted by Crippen LogP contribution is -2.18. The Morgan fingerprint density at radius 1 is 1.08 bits per heavy atom. The molecule has 0 spiro atoms. The fraction of sp³-hybridized carbons (Fsp3) is 0.167. The number of carbonyl (C=O) groups excluding carboxylic acids is 2. The van der Waals surface area contributed by atoms with Crippen LogP contribution < -0.4 is 10.7 Å². The molecule has 0 saturated carbocycles. The summed E-state index contributed by atoms with van der Waals surface area (Å²) in [6.07, 6.45) is 2.63. The molecule has 2 amide bonds. The fourth-order valence-corrected chi connectivity index (χ4v) is 2.50. The Balaban J connectivity index is 1.97. The molecule has 130 valence electrons. The maximum atomic E-state index is 12.1. The number of hydrogen-bond acceptors (Lipinski definition) is 3. The van der Waals surface area contributed by atoms with E-state index in [0.717, 1.165) is 6.42 Å². The highest BCUT2D eigenvalue weighted by Crippen LogP contribution is 2.22. The molecule has 7 heteroatoms. The van der Waals surface area contributed by atoms with Gasteiger partial charge in [-0.15, -0.1) is 0 Å². The number of carbonyl (C=O) groups is 2. The minimum atomic E-state index is -0.383. The van der Waals surface area contributed by atoms with Crippen LogP contribution >= 0.6 is 23.2 Å². The van der Waals surface area contributed by atoms with Crippen LogP contribution in [0.1, 0.15) is 35.7 Å². The predicted octanol–water partition coefficient (Wildman–Crippen LogP) is 4.50. The van der Waals surface area contributed by atoms with Crippen molar-refractivity contribution in [3.63, 3.8) is 0 Å². The minimum absolute atomic E-state index is 0.0547. The van der Waals surface area contributed by atoms with Gasteiger partial charge in [0.15, 0.2) is 0 Å². The van der Waals surface area contributed by atoms with Crippen molar-refractivity contribution >= 4 is 46.9 Å². The fourth-order valence-electron chi connectivity index (χ4n) is 2.01. The Morgan fingerprint density at radius 2 is 1.72 bits per heavy atom. The van der Waals surface area contributed by atoms with E-state index in [-0.39, 0.29) is 11.8 Å². The molecular formula is C18H17Cl2N3O2. The Morgan fingerprint density at radius 3 is 2.32 bits per heavy atom. The largest absolute Gasteiger partial charge is 0.326 e. The van der Waals surface area contributed by atoms with Crippen molar-refractivity contribution in [3.8, 4) is 0 Å². The van der Waals surface area contributed by atoms with Gasteiger partial charge >= 0.3 is 0 Å². The van der Waals surface area contributed by atoms with E-state index in [9.17, 15) is 9.59 Å². The number of rotatable bonds is 6. The number of benzene rings is 2. The first-order chi connectivity index (χ1) is 12.0. The van der Waals surface area contributed by atoms with Crippen molar-refractivity contribution in [2.75, 3.05) is 5.32 Å². The highest BCUT2D eigenvalue weighted by molar-refractivity contribution is 6.38. The number of hydrazone groups is 1. The van der Waals surface area contributed by atoms with Crippen LogP contribution in [0.5, 0.6) is 0 Å². The average molecular weight is 378 g/mol. The summed E-state index contributed by atoms with van der Waals surface area (Å²) in [4.78, 5) is 23.6. The summed E-state index contributed by atoms with van der Waals surface area (Å²) < 4.78 is 0. The van der Waals surface area contributed by atoms with Crippen molar-refractivity contribution in [1.82, 2.24) is 5.43 Å². The molecule has 5 nitrogen and oxygen atoms in total. The molecule has 0 saturated heterocycles. The molecule has 0 atom stereocenters. The first kappa shape index (κ1) is 19.0. The van der Waals surface area contributed by atoms with Crippen LogP contribution in [0.4, 0.5) is 5.69 Å². The molecule has 0 aliphatic heterocycles. The Kier molecular flexibility index (Phi) is 6.98. The van der Waals surface area contributed by atoms with Crippen LogP contribution in [0.25, 0.3) is 0 Å². The van der Waals surface area contributed by atoms with Crippen LogP contribution in [0.2, 0.25) is 10.0 Å². The van der Waals surface area contributed by atoms with Crippen LogP contribution in [0.3, 0.4) is 0 Å². The van der Waals surface area contributed by atoms with Crippen molar-refractivity contribution in [3.05, 3.63) is 63.6 Å². The van der Waals surface area contributed by atoms with Gasteiger partial charge in [0.2, 0.25) is 5.91 Å². The molecule has 2 rings (SSSR count). The molecule has 0 bridgehead atoms. The van der Waals surface area contributed by atoms with Crippen LogP contribution in [0, 0.1) is 0 Å². The molecule has 0 heterocycles. The van der Waals surface area contributed by atoms with Gasteiger partial charge in [-0.2, -0.15) is 5.10 Å². The van der Waals surface area contributed by atoms with Crippen molar-refractivity contribution in [2.45, 2.75) is 19.8 Å². The van der Waals surface area contributed by atoms with Gasteiger partial charge < -0.3 is 5.32 Å². The molecular weight excluding hydrogens is 361 g/mol. The molecule has 0 aliphatic rings. The summed E-state index contributed by atoms with van der Waals surface area (Å²) in [5.41, 5.74) is 3.99. The Hall–Kier alpha value is -2.37. The monoisotopic (exact) mass is 377 g/mol. The van der Waals surface area contributed by atoms with E-state index in [0.29, 0.717) is 33.3 Å². The first-order valence-corrected chi connectivity index (χ1v) is 8.44. The van der Waals surface area contributed by atoms with Gasteiger partial charge in [0.05, 0.1) is 16.3 Å². The normalized spacial score (nSPS) is 10.7. The van der Waals surface area contributed by atoms with E-state index in [1.165, 1.54) is 6.21 Å². The minimum Gasteiger partial charge on any atom is -0.326 e. The number of anilines is 1. The smallest absolute Gasteiger partial charge is 0.271 e. The second-order valence-electron chi connectivity index (χ2n) is 5.21. The van der Waals surface area contributed by atoms with Crippen molar-refractivity contribution < 1.29 is 9.59 Å². The van der Waals surface area contributed by atoms with Crippen molar-refractivity contribution in [1.29, 1.82) is 0 Å². The summed E-state index contributed by atoms with van der Waals surface area (Å²) in [5.74, 6) is -0.438. The zero-order valence-electron chi connectivity index (χ0n) is 13.6. The molecule has 0 aliphatic carbocycles. The molecule has 2 N–H and O–H groups in total. The van der Waals surface area contributed by atoms with Gasteiger partial charge in [0, 0.05) is 23.2 Å². The SMILES string of the molecule is CCCC(=O)Nc1ccc(C(=O)N/N=C/c2c(Cl)cccc2Cl)cc1. The number of nitrogens with zero attached hydrogens (tertiary/aromatic N) is 1. The van der Waals surface area contributed by atoms with Crippen molar-refractivity contribution in [2.24, 2.45) is 5.10 Å². The van der Waals surface area contributed by atoms with Gasteiger partial charge in [-0.25, -0.2) is 5.43 Å². The average Bonchev–Trinajstić information content (AvgIpc) is 2.58. The molecule has 2 aromatic carbocycles. The molecule has 0 unspecified atom stereocenters. The zero-order chi connectivity index (χ0) is 18.2. The summed E-state index contributed by atoms with van der Waals surface area (Å²) >= 11 is 12.0. The third-order valence-corrected chi connectivity index (χ3v) is 3.93. The van der Waals surface area contributed by atoms with Crippen LogP contribution in [-0.4, -0.2) is 18.0 Å². The molecule has 25 heavy (non-hydrogen) atoms. The number of amides is 2. The van der Waals surface area contributed by atoms with E-state index < -0.39 is 0 Å². The first-order valence-electron chi connectivity index (χ1n) is 7.68. The van der Waals surface area contributed by atoms with E-state index in [1.54, 1.807) is 42.5 Å². The van der Waals surface area contributed by atoms with E-state index in [2.05, 4.69) is 15.8 Å². The van der Waals surface area contributed by atoms with E-state index in [4.69, 9.17) is 23.2 Å². The number of hydrogen-bond donors (Lipinski definition) is 2.